The zero-order valence-electron chi connectivity index (χ0n) is 12.8. The highest BCUT2D eigenvalue weighted by Crippen LogP contribution is 2.19. The van der Waals surface area contributed by atoms with Gasteiger partial charge in [0, 0.05) is 25.0 Å². The molecule has 0 fully saturated rings. The standard InChI is InChI=1S/C17H23N3/c1-13-10-17(9-8-15(13)11-18-3)20(4)12-16-7-5-6-14(2)19-16/h5-10,18H,11-12H2,1-4H3. The molecule has 3 heteroatoms. The summed E-state index contributed by atoms with van der Waals surface area (Å²) in [6.45, 7) is 5.93. The maximum Gasteiger partial charge on any atom is 0.0600 e. The van der Waals surface area contributed by atoms with Crippen molar-refractivity contribution in [2.24, 2.45) is 0 Å². The fourth-order valence-electron chi connectivity index (χ4n) is 2.33. The van der Waals surface area contributed by atoms with E-state index in [0.717, 1.165) is 24.5 Å². The highest BCUT2D eigenvalue weighted by Gasteiger charge is 2.05. The van der Waals surface area contributed by atoms with E-state index in [-0.39, 0.29) is 0 Å². The predicted molar refractivity (Wildman–Crippen MR) is 85.0 cm³/mol. The Morgan fingerprint density at radius 3 is 2.60 bits per heavy atom. The highest BCUT2D eigenvalue weighted by atomic mass is 15.1. The molecule has 0 saturated carbocycles. The molecule has 0 saturated heterocycles. The smallest absolute Gasteiger partial charge is 0.0600 e. The Labute approximate surface area is 121 Å². The number of aromatic nitrogens is 1. The van der Waals surface area contributed by atoms with Crippen molar-refractivity contribution in [3.8, 4) is 0 Å². The first-order chi connectivity index (χ1) is 9.60. The van der Waals surface area contributed by atoms with Crippen LogP contribution in [0.2, 0.25) is 0 Å². The summed E-state index contributed by atoms with van der Waals surface area (Å²) in [5, 5.41) is 3.20. The van der Waals surface area contributed by atoms with Gasteiger partial charge in [0.15, 0.2) is 0 Å². The van der Waals surface area contributed by atoms with E-state index in [1.54, 1.807) is 0 Å². The first-order valence-electron chi connectivity index (χ1n) is 6.98. The molecule has 3 nitrogen and oxygen atoms in total. The van der Waals surface area contributed by atoms with Gasteiger partial charge in [-0.25, -0.2) is 0 Å². The van der Waals surface area contributed by atoms with E-state index in [1.165, 1.54) is 16.8 Å². The minimum atomic E-state index is 0.826. The van der Waals surface area contributed by atoms with Crippen LogP contribution in [0.25, 0.3) is 0 Å². The topological polar surface area (TPSA) is 28.2 Å². The van der Waals surface area contributed by atoms with Gasteiger partial charge in [-0.15, -0.1) is 0 Å². The summed E-state index contributed by atoms with van der Waals surface area (Å²) in [6, 6.07) is 12.8. The van der Waals surface area contributed by atoms with E-state index in [1.807, 2.05) is 20.0 Å². The molecule has 0 atom stereocenters. The summed E-state index contributed by atoms with van der Waals surface area (Å²) in [5.74, 6) is 0. The third-order valence-electron chi connectivity index (χ3n) is 3.48. The van der Waals surface area contributed by atoms with Crippen molar-refractivity contribution in [3.05, 3.63) is 58.9 Å². The lowest BCUT2D eigenvalue weighted by Crippen LogP contribution is -2.18. The number of hydrogen-bond acceptors (Lipinski definition) is 3. The van der Waals surface area contributed by atoms with Crippen molar-refractivity contribution < 1.29 is 0 Å². The van der Waals surface area contributed by atoms with Gasteiger partial charge < -0.3 is 10.2 Å². The molecule has 2 aromatic rings. The number of rotatable bonds is 5. The monoisotopic (exact) mass is 269 g/mol. The molecule has 1 aromatic heterocycles. The number of benzene rings is 1. The zero-order valence-corrected chi connectivity index (χ0v) is 12.8. The number of anilines is 1. The van der Waals surface area contributed by atoms with Crippen molar-refractivity contribution in [3.63, 3.8) is 0 Å². The highest BCUT2D eigenvalue weighted by molar-refractivity contribution is 5.50. The minimum absolute atomic E-state index is 0.826. The zero-order chi connectivity index (χ0) is 14.5. The lowest BCUT2D eigenvalue weighted by atomic mass is 10.1. The number of pyridine rings is 1. The predicted octanol–water partition coefficient (Wildman–Crippen LogP) is 3.05. The van der Waals surface area contributed by atoms with Crippen LogP contribution in [0.3, 0.4) is 0 Å². The maximum absolute atomic E-state index is 4.56. The summed E-state index contributed by atoms with van der Waals surface area (Å²) in [7, 11) is 4.08. The van der Waals surface area contributed by atoms with Crippen molar-refractivity contribution in [1.29, 1.82) is 0 Å². The number of aryl methyl sites for hydroxylation is 2. The first kappa shape index (κ1) is 14.5. The Morgan fingerprint density at radius 1 is 1.15 bits per heavy atom. The molecule has 0 aliphatic carbocycles. The molecule has 106 valence electrons. The first-order valence-corrected chi connectivity index (χ1v) is 6.98. The van der Waals surface area contributed by atoms with Gasteiger partial charge in [0.25, 0.3) is 0 Å². The maximum atomic E-state index is 4.56. The molecular formula is C17H23N3. The molecule has 0 unspecified atom stereocenters. The van der Waals surface area contributed by atoms with Gasteiger partial charge >= 0.3 is 0 Å². The minimum Gasteiger partial charge on any atom is -0.369 e. The van der Waals surface area contributed by atoms with Crippen LogP contribution in [0.5, 0.6) is 0 Å². The van der Waals surface area contributed by atoms with Crippen molar-refractivity contribution >= 4 is 5.69 Å². The van der Waals surface area contributed by atoms with Gasteiger partial charge in [-0.1, -0.05) is 12.1 Å². The van der Waals surface area contributed by atoms with Crippen LogP contribution in [0.4, 0.5) is 5.69 Å². The Morgan fingerprint density at radius 2 is 1.95 bits per heavy atom. The number of hydrogen-bond donors (Lipinski definition) is 1. The SMILES string of the molecule is CNCc1ccc(N(C)Cc2cccc(C)n2)cc1C. The lowest BCUT2D eigenvalue weighted by Gasteiger charge is -2.20. The van der Waals surface area contributed by atoms with Crippen LogP contribution in [0, 0.1) is 13.8 Å². The molecule has 0 aliphatic rings. The second-order valence-corrected chi connectivity index (χ2v) is 5.27. The van der Waals surface area contributed by atoms with Gasteiger partial charge in [-0.2, -0.15) is 0 Å². The van der Waals surface area contributed by atoms with Crippen molar-refractivity contribution in [1.82, 2.24) is 10.3 Å². The van der Waals surface area contributed by atoms with Gasteiger partial charge in [0.1, 0.15) is 0 Å². The quantitative estimate of drug-likeness (QED) is 0.904. The van der Waals surface area contributed by atoms with Crippen LogP contribution < -0.4 is 10.2 Å². The van der Waals surface area contributed by atoms with E-state index >= 15 is 0 Å². The fourth-order valence-corrected chi connectivity index (χ4v) is 2.33. The van der Waals surface area contributed by atoms with E-state index < -0.39 is 0 Å². The third kappa shape index (κ3) is 3.58. The number of nitrogens with one attached hydrogen (secondary N) is 1. The van der Waals surface area contributed by atoms with Crippen LogP contribution in [-0.4, -0.2) is 19.1 Å². The second kappa shape index (κ2) is 6.53. The molecule has 1 aromatic carbocycles. The molecule has 0 radical (unpaired) electrons. The molecule has 0 amide bonds. The van der Waals surface area contributed by atoms with Crippen LogP contribution in [0.1, 0.15) is 22.5 Å². The molecular weight excluding hydrogens is 246 g/mol. The Bertz CT molecular complexity index is 578. The Kier molecular flexibility index (Phi) is 4.74. The largest absolute Gasteiger partial charge is 0.369 e. The Hall–Kier alpha value is -1.87. The van der Waals surface area contributed by atoms with E-state index in [2.05, 4.69) is 59.5 Å². The second-order valence-electron chi connectivity index (χ2n) is 5.27. The average molecular weight is 269 g/mol. The molecule has 1 heterocycles. The van der Waals surface area contributed by atoms with Crippen molar-refractivity contribution in [2.75, 3.05) is 19.0 Å². The molecule has 0 aliphatic heterocycles. The lowest BCUT2D eigenvalue weighted by molar-refractivity contribution is 0.810. The van der Waals surface area contributed by atoms with E-state index in [9.17, 15) is 0 Å². The summed E-state index contributed by atoms with van der Waals surface area (Å²) < 4.78 is 0. The molecule has 1 N–H and O–H groups in total. The van der Waals surface area contributed by atoms with Crippen LogP contribution >= 0.6 is 0 Å². The summed E-state index contributed by atoms with van der Waals surface area (Å²) >= 11 is 0. The third-order valence-corrected chi connectivity index (χ3v) is 3.48. The summed E-state index contributed by atoms with van der Waals surface area (Å²) in [6.07, 6.45) is 0. The van der Waals surface area contributed by atoms with Gasteiger partial charge in [-0.05, 0) is 56.3 Å². The van der Waals surface area contributed by atoms with Gasteiger partial charge in [0.05, 0.1) is 12.2 Å². The molecule has 0 bridgehead atoms. The van der Waals surface area contributed by atoms with E-state index in [0.29, 0.717) is 0 Å². The van der Waals surface area contributed by atoms with Crippen LogP contribution in [-0.2, 0) is 13.1 Å². The summed E-state index contributed by atoms with van der Waals surface area (Å²) in [4.78, 5) is 6.79. The fraction of sp³-hybridized carbons (Fsp3) is 0.353. The average Bonchev–Trinajstić information content (AvgIpc) is 2.41. The van der Waals surface area contributed by atoms with Gasteiger partial charge in [0.2, 0.25) is 0 Å². The van der Waals surface area contributed by atoms with Crippen molar-refractivity contribution in [2.45, 2.75) is 26.9 Å². The molecule has 2 rings (SSSR count). The Balaban J connectivity index is 2.13. The summed E-state index contributed by atoms with van der Waals surface area (Å²) in [5.41, 5.74) is 6.06. The number of nitrogens with zero attached hydrogens (tertiary/aromatic N) is 2. The van der Waals surface area contributed by atoms with Crippen LogP contribution in [0.15, 0.2) is 36.4 Å². The van der Waals surface area contributed by atoms with E-state index in [4.69, 9.17) is 0 Å². The normalized spacial score (nSPS) is 10.6. The van der Waals surface area contributed by atoms with Gasteiger partial charge in [-0.3, -0.25) is 4.98 Å². The molecule has 20 heavy (non-hydrogen) atoms. The molecule has 0 spiro atoms.